The molecule has 2 aliphatic carbocycles. The number of aromatic nitrogens is 1. The summed E-state index contributed by atoms with van der Waals surface area (Å²) in [4.78, 5) is 0. The minimum atomic E-state index is -0.913. The summed E-state index contributed by atoms with van der Waals surface area (Å²) in [6.07, 6.45) is 8.35. The highest BCUT2D eigenvalue weighted by atomic mass is 19.1. The Morgan fingerprint density at radius 2 is 1.68 bits per heavy atom. The SMILES string of the molecule is [2H]C1(c2c(F)ccc3c2oc2c(-c4cccc[n+]4C)c(C)ccc23)CC2CCCCC2C1. The van der Waals surface area contributed by atoms with E-state index >= 15 is 4.39 Å². The zero-order valence-electron chi connectivity index (χ0n) is 19.2. The molecule has 31 heavy (non-hydrogen) atoms. The second-order valence-corrected chi connectivity index (χ2v) is 9.55. The number of furan rings is 1. The van der Waals surface area contributed by atoms with Crippen molar-refractivity contribution in [2.24, 2.45) is 18.9 Å². The molecule has 0 saturated heterocycles. The lowest BCUT2D eigenvalue weighted by Gasteiger charge is -2.24. The highest BCUT2D eigenvalue weighted by Crippen LogP contribution is 2.51. The molecule has 158 valence electrons. The minimum Gasteiger partial charge on any atom is -0.455 e. The Bertz CT molecular complexity index is 1340. The van der Waals surface area contributed by atoms with Gasteiger partial charge in [0.05, 0.1) is 5.56 Å². The number of nitrogens with zero attached hydrogens (tertiary/aromatic N) is 1. The molecule has 2 saturated carbocycles. The van der Waals surface area contributed by atoms with Crippen molar-refractivity contribution >= 4 is 21.9 Å². The molecule has 0 N–H and O–H groups in total. The number of hydrogen-bond acceptors (Lipinski definition) is 1. The molecule has 0 bridgehead atoms. The van der Waals surface area contributed by atoms with Gasteiger partial charge in [0.25, 0.3) is 0 Å². The Morgan fingerprint density at radius 3 is 2.42 bits per heavy atom. The summed E-state index contributed by atoms with van der Waals surface area (Å²) in [5.41, 5.74) is 5.04. The topological polar surface area (TPSA) is 17.0 Å². The van der Waals surface area contributed by atoms with Crippen molar-refractivity contribution in [3.8, 4) is 11.3 Å². The van der Waals surface area contributed by atoms with Gasteiger partial charge in [-0.05, 0) is 61.3 Å². The van der Waals surface area contributed by atoms with Gasteiger partial charge in [0.2, 0.25) is 5.69 Å². The van der Waals surface area contributed by atoms with Crippen molar-refractivity contribution in [3.05, 3.63) is 65.6 Å². The highest BCUT2D eigenvalue weighted by molar-refractivity contribution is 6.10. The van der Waals surface area contributed by atoms with Gasteiger partial charge in [0.15, 0.2) is 6.20 Å². The van der Waals surface area contributed by atoms with Gasteiger partial charge in [-0.25, -0.2) is 8.96 Å². The van der Waals surface area contributed by atoms with E-state index < -0.39 is 5.89 Å². The molecule has 2 nitrogen and oxygen atoms in total. The van der Waals surface area contributed by atoms with Gasteiger partial charge >= 0.3 is 0 Å². The van der Waals surface area contributed by atoms with E-state index in [-0.39, 0.29) is 5.82 Å². The summed E-state index contributed by atoms with van der Waals surface area (Å²) < 4.78 is 33.4. The quantitative estimate of drug-likeness (QED) is 0.316. The lowest BCUT2D eigenvalue weighted by atomic mass is 9.82. The van der Waals surface area contributed by atoms with Crippen molar-refractivity contribution < 1.29 is 14.7 Å². The summed E-state index contributed by atoms with van der Waals surface area (Å²) in [5, 5.41) is 1.91. The van der Waals surface area contributed by atoms with Gasteiger partial charge in [-0.3, -0.25) is 0 Å². The first kappa shape index (κ1) is 17.9. The van der Waals surface area contributed by atoms with E-state index in [2.05, 4.69) is 29.7 Å². The molecule has 2 heterocycles. The molecule has 0 amide bonds. The maximum Gasteiger partial charge on any atom is 0.216 e. The third-order valence-corrected chi connectivity index (χ3v) is 7.72. The number of benzene rings is 2. The maximum absolute atomic E-state index is 15.4. The molecule has 3 heteroatoms. The van der Waals surface area contributed by atoms with Crippen molar-refractivity contribution in [2.75, 3.05) is 0 Å². The lowest BCUT2D eigenvalue weighted by Crippen LogP contribution is -2.30. The van der Waals surface area contributed by atoms with E-state index in [0.717, 1.165) is 46.0 Å². The molecule has 2 fully saturated rings. The lowest BCUT2D eigenvalue weighted by molar-refractivity contribution is -0.660. The second kappa shape index (κ2) is 7.19. The third-order valence-electron chi connectivity index (χ3n) is 7.72. The van der Waals surface area contributed by atoms with E-state index in [1.165, 1.54) is 25.7 Å². The first-order valence-electron chi connectivity index (χ1n) is 12.1. The average molecular weight is 416 g/mol. The van der Waals surface area contributed by atoms with Crippen LogP contribution >= 0.6 is 0 Å². The molecule has 0 radical (unpaired) electrons. The van der Waals surface area contributed by atoms with Crippen LogP contribution in [0.25, 0.3) is 33.2 Å². The zero-order valence-corrected chi connectivity index (χ0v) is 18.2. The number of pyridine rings is 1. The fraction of sp³-hybridized carbons (Fsp3) is 0.393. The molecular weight excluding hydrogens is 385 g/mol. The van der Waals surface area contributed by atoms with E-state index in [0.29, 0.717) is 23.0 Å². The van der Waals surface area contributed by atoms with Crippen LogP contribution in [0.1, 0.15) is 56.9 Å². The molecule has 2 unspecified atom stereocenters. The predicted octanol–water partition coefficient (Wildman–Crippen LogP) is 7.21. The normalized spacial score (nSPS) is 26.4. The Hall–Kier alpha value is -2.68. The highest BCUT2D eigenvalue weighted by Gasteiger charge is 2.38. The average Bonchev–Trinajstić information content (AvgIpc) is 3.31. The van der Waals surface area contributed by atoms with Crippen LogP contribution < -0.4 is 4.57 Å². The number of hydrogen-bond donors (Lipinski definition) is 0. The van der Waals surface area contributed by atoms with Crippen LogP contribution in [0, 0.1) is 24.6 Å². The Kier molecular flexibility index (Phi) is 4.16. The van der Waals surface area contributed by atoms with Gasteiger partial charge in [-0.1, -0.05) is 37.8 Å². The molecule has 2 aliphatic rings. The maximum atomic E-state index is 15.4. The smallest absolute Gasteiger partial charge is 0.216 e. The van der Waals surface area contributed by atoms with E-state index in [4.69, 9.17) is 4.42 Å². The third kappa shape index (κ3) is 2.93. The largest absolute Gasteiger partial charge is 0.455 e. The fourth-order valence-corrected chi connectivity index (χ4v) is 6.15. The Balaban J connectivity index is 1.61. The van der Waals surface area contributed by atoms with E-state index in [1.54, 1.807) is 6.07 Å². The molecule has 2 aromatic carbocycles. The van der Waals surface area contributed by atoms with Crippen LogP contribution in [0.15, 0.2) is 53.1 Å². The molecule has 6 rings (SSSR count). The van der Waals surface area contributed by atoms with Crippen LogP contribution in [-0.2, 0) is 7.05 Å². The van der Waals surface area contributed by atoms with Gasteiger partial charge in [0.1, 0.15) is 24.0 Å². The molecule has 0 spiro atoms. The van der Waals surface area contributed by atoms with Crippen molar-refractivity contribution in [1.82, 2.24) is 0 Å². The van der Waals surface area contributed by atoms with Gasteiger partial charge in [-0.15, -0.1) is 0 Å². The Labute approximate surface area is 184 Å². The zero-order chi connectivity index (χ0) is 22.0. The van der Waals surface area contributed by atoms with E-state index in [9.17, 15) is 1.37 Å². The van der Waals surface area contributed by atoms with Crippen molar-refractivity contribution in [2.45, 2.75) is 51.3 Å². The fourth-order valence-electron chi connectivity index (χ4n) is 6.15. The number of rotatable bonds is 2. The molecular formula is C28H29FNO+. The molecule has 4 aromatic rings. The van der Waals surface area contributed by atoms with Crippen LogP contribution in [0.3, 0.4) is 0 Å². The van der Waals surface area contributed by atoms with Crippen LogP contribution in [0.4, 0.5) is 4.39 Å². The summed E-state index contributed by atoms with van der Waals surface area (Å²) >= 11 is 0. The van der Waals surface area contributed by atoms with Crippen LogP contribution in [-0.4, -0.2) is 0 Å². The molecule has 2 aromatic heterocycles. The van der Waals surface area contributed by atoms with Crippen molar-refractivity contribution in [1.29, 1.82) is 0 Å². The summed E-state index contributed by atoms with van der Waals surface area (Å²) in [5.74, 6) is -0.124. The first-order chi connectivity index (χ1) is 15.5. The Morgan fingerprint density at radius 1 is 0.968 bits per heavy atom. The number of fused-ring (bicyclic) bond motifs is 4. The first-order valence-corrected chi connectivity index (χ1v) is 11.6. The summed E-state index contributed by atoms with van der Waals surface area (Å²) in [7, 11) is 2.03. The number of aryl methyl sites for hydroxylation is 2. The monoisotopic (exact) mass is 415 g/mol. The molecule has 0 aliphatic heterocycles. The van der Waals surface area contributed by atoms with Crippen LogP contribution in [0.2, 0.25) is 0 Å². The van der Waals surface area contributed by atoms with Gasteiger partial charge in [0, 0.05) is 29.8 Å². The van der Waals surface area contributed by atoms with Gasteiger partial charge < -0.3 is 4.42 Å². The second-order valence-electron chi connectivity index (χ2n) is 9.55. The van der Waals surface area contributed by atoms with Gasteiger partial charge in [-0.2, -0.15) is 0 Å². The standard InChI is InChI=1S/C28H29FNO/c1-17-10-11-21-22-12-13-23(29)26(20-15-18-7-3-4-8-19(18)16-20)28(22)31-27(21)25(17)24-9-5-6-14-30(24)2/h5-6,9-14,18-20H,3-4,7-8,15-16H2,1-2H3/q+1/i20D. The summed E-state index contributed by atoms with van der Waals surface area (Å²) in [6, 6.07) is 13.7. The predicted molar refractivity (Wildman–Crippen MR) is 122 cm³/mol. The molecule has 2 atom stereocenters. The minimum absolute atomic E-state index is 0.297. The summed E-state index contributed by atoms with van der Waals surface area (Å²) in [6.45, 7) is 2.09. The number of halogens is 1. The van der Waals surface area contributed by atoms with Crippen molar-refractivity contribution in [3.63, 3.8) is 0 Å². The van der Waals surface area contributed by atoms with E-state index in [1.807, 2.05) is 31.4 Å². The van der Waals surface area contributed by atoms with Crippen LogP contribution in [0.5, 0.6) is 0 Å².